The van der Waals surface area contributed by atoms with Crippen LogP contribution in [0.25, 0.3) is 11.3 Å². The molecule has 2 aromatic heterocycles. The van der Waals surface area contributed by atoms with E-state index in [1.165, 1.54) is 19.0 Å². The Kier molecular flexibility index (Phi) is 6.74. The van der Waals surface area contributed by atoms with Gasteiger partial charge in [0.2, 0.25) is 5.95 Å². The van der Waals surface area contributed by atoms with Gasteiger partial charge in [-0.05, 0) is 63.9 Å². The summed E-state index contributed by atoms with van der Waals surface area (Å²) in [7, 11) is 0. The van der Waals surface area contributed by atoms with Gasteiger partial charge in [-0.2, -0.15) is 13.2 Å². The highest BCUT2D eigenvalue weighted by Gasteiger charge is 2.38. The number of rotatable bonds is 5. The Bertz CT molecular complexity index is 1100. The average Bonchev–Trinajstić information content (AvgIpc) is 3.46. The monoisotopic (exact) mass is 504 g/mol. The van der Waals surface area contributed by atoms with E-state index in [4.69, 9.17) is 0 Å². The summed E-state index contributed by atoms with van der Waals surface area (Å²) >= 11 is 0. The van der Waals surface area contributed by atoms with Crippen LogP contribution in [-0.4, -0.2) is 57.0 Å². The molecule has 1 atom stereocenters. The molecule has 4 heterocycles. The second-order valence-corrected chi connectivity index (χ2v) is 11.2. The second kappa shape index (κ2) is 9.68. The first-order chi connectivity index (χ1) is 17.1. The van der Waals surface area contributed by atoms with E-state index in [0.29, 0.717) is 55.2 Å². The third-order valence-electron chi connectivity index (χ3n) is 7.92. The summed E-state index contributed by atoms with van der Waals surface area (Å²) < 4.78 is 42.0. The van der Waals surface area contributed by atoms with Crippen molar-refractivity contribution in [3.8, 4) is 11.3 Å². The van der Waals surface area contributed by atoms with Crippen LogP contribution < -0.4 is 10.6 Å². The van der Waals surface area contributed by atoms with E-state index in [2.05, 4.69) is 39.4 Å². The number of hydrogen-bond acceptors (Lipinski definition) is 5. The van der Waals surface area contributed by atoms with Crippen LogP contribution in [0.4, 0.5) is 19.1 Å². The van der Waals surface area contributed by atoms with Crippen molar-refractivity contribution in [3.63, 3.8) is 0 Å². The third kappa shape index (κ3) is 5.23. The zero-order valence-corrected chi connectivity index (χ0v) is 21.0. The first-order valence-corrected chi connectivity index (χ1v) is 13.1. The number of piperidine rings is 1. The molecule has 2 aromatic rings. The molecule has 0 aromatic carbocycles. The molecule has 196 valence electrons. The molecule has 3 aliphatic rings. The second-order valence-electron chi connectivity index (χ2n) is 11.2. The van der Waals surface area contributed by atoms with E-state index >= 15 is 0 Å². The fourth-order valence-corrected chi connectivity index (χ4v) is 5.80. The molecule has 5 rings (SSSR count). The number of carbonyl (C=O) groups excluding carboxylic acids is 1. The maximum absolute atomic E-state index is 14.0. The number of halogens is 3. The summed E-state index contributed by atoms with van der Waals surface area (Å²) in [6.45, 7) is 6.27. The van der Waals surface area contributed by atoms with Crippen LogP contribution >= 0.6 is 0 Å². The van der Waals surface area contributed by atoms with Gasteiger partial charge in [0.25, 0.3) is 5.91 Å². The summed E-state index contributed by atoms with van der Waals surface area (Å²) in [5, 5.41) is 6.65. The number of amides is 1. The molecule has 7 nitrogen and oxygen atoms in total. The molecule has 0 spiro atoms. The molecule has 10 heteroatoms. The van der Waals surface area contributed by atoms with E-state index in [-0.39, 0.29) is 29.1 Å². The van der Waals surface area contributed by atoms with E-state index in [0.717, 1.165) is 31.9 Å². The Labute approximate surface area is 209 Å². The molecule has 3 N–H and O–H groups in total. The van der Waals surface area contributed by atoms with Crippen molar-refractivity contribution >= 4 is 11.9 Å². The molecule has 1 amide bonds. The summed E-state index contributed by atoms with van der Waals surface area (Å²) in [5.74, 6) is 0.553. The van der Waals surface area contributed by atoms with Crippen LogP contribution in [0.2, 0.25) is 0 Å². The zero-order chi connectivity index (χ0) is 25.5. The summed E-state index contributed by atoms with van der Waals surface area (Å²) in [4.78, 5) is 26.6. The quantitative estimate of drug-likeness (QED) is 0.533. The van der Waals surface area contributed by atoms with E-state index in [1.807, 2.05) is 4.90 Å². The Hall–Kier alpha value is -2.62. The Balaban J connectivity index is 1.44. The number of aromatic nitrogens is 3. The van der Waals surface area contributed by atoms with Crippen molar-refractivity contribution in [2.75, 3.05) is 25.0 Å². The van der Waals surface area contributed by atoms with Gasteiger partial charge in [-0.3, -0.25) is 4.79 Å². The van der Waals surface area contributed by atoms with Crippen LogP contribution in [0.15, 0.2) is 12.4 Å². The summed E-state index contributed by atoms with van der Waals surface area (Å²) in [6.07, 6.45) is 5.43. The lowest BCUT2D eigenvalue weighted by molar-refractivity contribution is -0.137. The molecule has 0 radical (unpaired) electrons. The normalized spacial score (nSPS) is 23.0. The van der Waals surface area contributed by atoms with Crippen molar-refractivity contribution in [3.05, 3.63) is 29.2 Å². The van der Waals surface area contributed by atoms with E-state index < -0.39 is 11.7 Å². The van der Waals surface area contributed by atoms with Crippen LogP contribution in [0.5, 0.6) is 0 Å². The molecular formula is C26H35F3N6O. The fraction of sp³-hybridized carbons (Fsp3) is 0.654. The number of hydrogen-bond donors (Lipinski definition) is 3. The van der Waals surface area contributed by atoms with E-state index in [9.17, 15) is 18.0 Å². The first-order valence-electron chi connectivity index (χ1n) is 13.1. The number of nitrogens with zero attached hydrogens (tertiary/aromatic N) is 3. The predicted octanol–water partition coefficient (Wildman–Crippen LogP) is 5.01. The Morgan fingerprint density at radius 2 is 1.97 bits per heavy atom. The predicted molar refractivity (Wildman–Crippen MR) is 132 cm³/mol. The highest BCUT2D eigenvalue weighted by atomic mass is 19.4. The van der Waals surface area contributed by atoms with E-state index in [1.54, 1.807) is 0 Å². The molecule has 1 aliphatic carbocycles. The largest absolute Gasteiger partial charge is 0.419 e. The molecule has 1 saturated heterocycles. The van der Waals surface area contributed by atoms with Crippen molar-refractivity contribution in [2.24, 2.45) is 5.92 Å². The van der Waals surface area contributed by atoms with Gasteiger partial charge in [0, 0.05) is 49.2 Å². The van der Waals surface area contributed by atoms with Crippen molar-refractivity contribution in [1.29, 1.82) is 0 Å². The maximum Gasteiger partial charge on any atom is 0.419 e. The lowest BCUT2D eigenvalue weighted by atomic mass is 9.91. The number of H-pyrrole nitrogens is 1. The van der Waals surface area contributed by atoms with Crippen molar-refractivity contribution in [1.82, 2.24) is 25.2 Å². The minimum Gasteiger partial charge on any atom is -0.356 e. The highest BCUT2D eigenvalue weighted by Crippen LogP contribution is 2.39. The first kappa shape index (κ1) is 25.0. The van der Waals surface area contributed by atoms with Crippen LogP contribution in [0, 0.1) is 5.92 Å². The molecule has 1 saturated carbocycles. The Morgan fingerprint density at radius 1 is 1.19 bits per heavy atom. The Morgan fingerprint density at radius 3 is 2.67 bits per heavy atom. The number of aromatic amines is 1. The molecule has 2 aliphatic heterocycles. The highest BCUT2D eigenvalue weighted by molar-refractivity contribution is 5.96. The molecule has 0 bridgehead atoms. The number of fused-ring (bicyclic) bond motifs is 1. The van der Waals surface area contributed by atoms with Gasteiger partial charge in [0.1, 0.15) is 11.3 Å². The topological polar surface area (TPSA) is 85.9 Å². The molecule has 0 unspecified atom stereocenters. The van der Waals surface area contributed by atoms with Crippen molar-refractivity contribution in [2.45, 2.75) is 83.0 Å². The number of anilines is 1. The van der Waals surface area contributed by atoms with Crippen LogP contribution in [0.3, 0.4) is 0 Å². The average molecular weight is 505 g/mol. The summed E-state index contributed by atoms with van der Waals surface area (Å²) in [5.41, 5.74) is 0.300. The van der Waals surface area contributed by atoms with Gasteiger partial charge in [-0.1, -0.05) is 12.8 Å². The van der Waals surface area contributed by atoms with Gasteiger partial charge in [0.15, 0.2) is 0 Å². The minimum absolute atomic E-state index is 0.0247. The number of carbonyl (C=O) groups is 1. The smallest absolute Gasteiger partial charge is 0.356 e. The molecule has 36 heavy (non-hydrogen) atoms. The van der Waals surface area contributed by atoms with Crippen molar-refractivity contribution < 1.29 is 18.0 Å². The summed E-state index contributed by atoms with van der Waals surface area (Å²) in [6, 6.07) is 0.0247. The third-order valence-corrected chi connectivity index (χ3v) is 7.92. The molecular weight excluding hydrogens is 469 g/mol. The lowest BCUT2D eigenvalue weighted by Crippen LogP contribution is -2.50. The molecule has 2 fully saturated rings. The lowest BCUT2D eigenvalue weighted by Gasteiger charge is -2.36. The standard InChI is InChI=1S/C26H35F3N6O/c1-25(2)10-9-17(12-32-25)33-24-31-14-20(26(27,28)29)21(34-24)19-13-30-22-18(19)8-5-11-35(23(22)36)15-16-6-3-4-7-16/h13-14,16-17,30,32H,3-12,15H2,1-2H3,(H,31,33,34)/t17-/m0/s1. The SMILES string of the molecule is CC1(C)CC[C@H](Nc2ncc(C(F)(F)F)c(-c3c[nH]c4c3CCCN(CC3CCCC3)C4=O)n2)CN1. The van der Waals surface area contributed by atoms with Gasteiger partial charge >= 0.3 is 6.18 Å². The number of nitrogens with one attached hydrogen (secondary N) is 3. The minimum atomic E-state index is -4.61. The van der Waals surface area contributed by atoms with Gasteiger partial charge in [-0.15, -0.1) is 0 Å². The van der Waals surface area contributed by atoms with Gasteiger partial charge < -0.3 is 20.5 Å². The van der Waals surface area contributed by atoms with Gasteiger partial charge in [0.05, 0.1) is 5.69 Å². The van der Waals surface area contributed by atoms with Crippen LogP contribution in [-0.2, 0) is 12.6 Å². The van der Waals surface area contributed by atoms with Crippen LogP contribution in [0.1, 0.15) is 80.4 Å². The fourth-order valence-electron chi connectivity index (χ4n) is 5.80. The maximum atomic E-state index is 14.0. The zero-order valence-electron chi connectivity index (χ0n) is 21.0. The van der Waals surface area contributed by atoms with Gasteiger partial charge in [-0.25, -0.2) is 9.97 Å². The number of alkyl halides is 3.